The molecule has 1 aliphatic carbocycles. The van der Waals surface area contributed by atoms with Crippen molar-refractivity contribution in [3.8, 4) is 0 Å². The van der Waals surface area contributed by atoms with Crippen molar-refractivity contribution in [1.29, 1.82) is 0 Å². The third-order valence-corrected chi connectivity index (χ3v) is 5.39. The quantitative estimate of drug-likeness (QED) is 0.594. The van der Waals surface area contributed by atoms with Crippen LogP contribution in [-0.4, -0.2) is 28.7 Å². The number of aromatic nitrogens is 2. The smallest absolute Gasteiger partial charge is 0.138 e. The summed E-state index contributed by atoms with van der Waals surface area (Å²) in [7, 11) is 0. The van der Waals surface area contributed by atoms with Crippen LogP contribution in [-0.2, 0) is 16.0 Å². The van der Waals surface area contributed by atoms with Gasteiger partial charge in [-0.1, -0.05) is 19.8 Å². The summed E-state index contributed by atoms with van der Waals surface area (Å²) in [5.41, 5.74) is 0.912. The molecule has 1 saturated carbocycles. The van der Waals surface area contributed by atoms with Crippen LogP contribution in [0.25, 0.3) is 0 Å². The predicted octanol–water partition coefficient (Wildman–Crippen LogP) is 4.23. The molecule has 5 heteroatoms. The number of alkyl halides is 1. The monoisotopic (exact) mass is 348 g/mol. The fraction of sp³-hybridized carbons (Fsp3) is 0.700. The highest BCUT2D eigenvalue weighted by Gasteiger charge is 2.30. The molecule has 1 heterocycles. The zero-order chi connectivity index (χ0) is 18.1. The average Bonchev–Trinajstić information content (AvgIpc) is 2.67. The summed E-state index contributed by atoms with van der Waals surface area (Å²) in [6, 6.07) is 0. The minimum Gasteiger partial charge on any atom is -0.303 e. The maximum atomic E-state index is 12.2. The zero-order valence-electron chi connectivity index (χ0n) is 15.1. The van der Waals surface area contributed by atoms with E-state index in [1.165, 1.54) is 0 Å². The second kappa shape index (κ2) is 10.4. The van der Waals surface area contributed by atoms with Crippen LogP contribution in [0.4, 0.5) is 4.39 Å². The van der Waals surface area contributed by atoms with Crippen molar-refractivity contribution >= 4 is 12.1 Å². The fourth-order valence-electron chi connectivity index (χ4n) is 3.70. The topological polar surface area (TPSA) is 59.9 Å². The lowest BCUT2D eigenvalue weighted by Gasteiger charge is -2.31. The molecule has 0 radical (unpaired) electrons. The fourth-order valence-corrected chi connectivity index (χ4v) is 3.70. The molecular formula is C20H29FN2O2. The first-order valence-corrected chi connectivity index (χ1v) is 9.51. The van der Waals surface area contributed by atoms with E-state index in [0.29, 0.717) is 43.2 Å². The lowest BCUT2D eigenvalue weighted by molar-refractivity contribution is -0.119. The summed E-state index contributed by atoms with van der Waals surface area (Å²) < 4.78 is 12.2. The van der Waals surface area contributed by atoms with Crippen LogP contribution in [0.15, 0.2) is 12.4 Å². The third-order valence-electron chi connectivity index (χ3n) is 5.39. The van der Waals surface area contributed by atoms with E-state index in [0.717, 1.165) is 44.0 Å². The van der Waals surface area contributed by atoms with Crippen molar-refractivity contribution in [3.63, 3.8) is 0 Å². The molecule has 2 rings (SSSR count). The number of carbonyl (C=O) groups is 2. The summed E-state index contributed by atoms with van der Waals surface area (Å²) in [6.45, 7) is 1.57. The van der Waals surface area contributed by atoms with Gasteiger partial charge in [-0.3, -0.25) is 9.18 Å². The van der Waals surface area contributed by atoms with Crippen LogP contribution in [0.2, 0.25) is 0 Å². The van der Waals surface area contributed by atoms with Crippen LogP contribution in [0.1, 0.15) is 75.6 Å². The molecule has 138 valence electrons. The SMILES string of the molecule is CCC(=O)CCC1CCC(C(C=O)c2ncc(CCCF)cn2)CC1. The van der Waals surface area contributed by atoms with Crippen LogP contribution < -0.4 is 0 Å². The van der Waals surface area contributed by atoms with E-state index in [1.54, 1.807) is 12.4 Å². The molecule has 0 bridgehead atoms. The molecule has 0 spiro atoms. The summed E-state index contributed by atoms with van der Waals surface area (Å²) in [4.78, 5) is 31.8. The Morgan fingerprint density at radius 2 is 1.96 bits per heavy atom. The Labute approximate surface area is 149 Å². The maximum absolute atomic E-state index is 12.2. The van der Waals surface area contributed by atoms with Crippen molar-refractivity contribution < 1.29 is 14.0 Å². The Morgan fingerprint density at radius 3 is 2.52 bits per heavy atom. The molecule has 1 fully saturated rings. The molecule has 0 aliphatic heterocycles. The second-order valence-electron chi connectivity index (χ2n) is 7.12. The van der Waals surface area contributed by atoms with Gasteiger partial charge >= 0.3 is 0 Å². The van der Waals surface area contributed by atoms with Gasteiger partial charge in [0, 0.05) is 25.2 Å². The molecule has 0 aromatic carbocycles. The van der Waals surface area contributed by atoms with E-state index in [1.807, 2.05) is 6.92 Å². The highest BCUT2D eigenvalue weighted by molar-refractivity contribution is 5.77. The minimum absolute atomic E-state index is 0.256. The van der Waals surface area contributed by atoms with Crippen LogP contribution >= 0.6 is 0 Å². The number of carbonyl (C=O) groups excluding carboxylic acids is 2. The number of hydrogen-bond acceptors (Lipinski definition) is 4. The van der Waals surface area contributed by atoms with Gasteiger partial charge in [-0.15, -0.1) is 0 Å². The second-order valence-corrected chi connectivity index (χ2v) is 7.12. The van der Waals surface area contributed by atoms with E-state index in [4.69, 9.17) is 0 Å². The van der Waals surface area contributed by atoms with Gasteiger partial charge in [0.15, 0.2) is 0 Å². The summed E-state index contributed by atoms with van der Waals surface area (Å²) in [6.07, 6.45) is 11.9. The first-order valence-electron chi connectivity index (χ1n) is 9.51. The molecule has 4 nitrogen and oxygen atoms in total. The van der Waals surface area contributed by atoms with Crippen molar-refractivity contribution in [2.24, 2.45) is 11.8 Å². The lowest BCUT2D eigenvalue weighted by atomic mass is 9.74. The summed E-state index contributed by atoms with van der Waals surface area (Å²) in [5, 5.41) is 0. The molecule has 1 atom stereocenters. The number of halogens is 1. The van der Waals surface area contributed by atoms with Gasteiger partial charge in [-0.05, 0) is 49.5 Å². The third kappa shape index (κ3) is 5.98. The van der Waals surface area contributed by atoms with E-state index in [2.05, 4.69) is 9.97 Å². The Kier molecular flexibility index (Phi) is 8.16. The van der Waals surface area contributed by atoms with Gasteiger partial charge in [0.05, 0.1) is 12.6 Å². The number of Topliss-reactive ketones (excluding diaryl/α,β-unsaturated/α-hetero) is 1. The predicted molar refractivity (Wildman–Crippen MR) is 95.1 cm³/mol. The first kappa shape index (κ1) is 19.7. The standard InChI is InChI=1S/C20H29FN2O2/c1-2-18(25)10-7-15-5-8-17(9-6-15)19(14-24)20-22-12-16(13-23-20)4-3-11-21/h12-15,17,19H,2-11H2,1H3. The lowest BCUT2D eigenvalue weighted by Crippen LogP contribution is -2.23. The number of ketones is 1. The molecule has 0 amide bonds. The van der Waals surface area contributed by atoms with Crippen LogP contribution in [0.3, 0.4) is 0 Å². The molecule has 1 aromatic rings. The van der Waals surface area contributed by atoms with E-state index in [-0.39, 0.29) is 18.5 Å². The van der Waals surface area contributed by atoms with Crippen molar-refractivity contribution in [2.45, 2.75) is 70.6 Å². The van der Waals surface area contributed by atoms with Gasteiger partial charge in [0.1, 0.15) is 17.9 Å². The Bertz CT molecular complexity index is 539. The normalized spacial score (nSPS) is 21.7. The number of hydrogen-bond donors (Lipinski definition) is 0. The Hall–Kier alpha value is -1.65. The molecular weight excluding hydrogens is 319 g/mol. The largest absolute Gasteiger partial charge is 0.303 e. The maximum Gasteiger partial charge on any atom is 0.138 e. The van der Waals surface area contributed by atoms with Gasteiger partial charge in [0.2, 0.25) is 0 Å². The molecule has 0 saturated heterocycles. The Balaban J connectivity index is 1.87. The highest BCUT2D eigenvalue weighted by Crippen LogP contribution is 2.38. The van der Waals surface area contributed by atoms with E-state index >= 15 is 0 Å². The van der Waals surface area contributed by atoms with Crippen molar-refractivity contribution in [2.75, 3.05) is 6.67 Å². The van der Waals surface area contributed by atoms with E-state index in [9.17, 15) is 14.0 Å². The molecule has 1 unspecified atom stereocenters. The Morgan fingerprint density at radius 1 is 1.28 bits per heavy atom. The van der Waals surface area contributed by atoms with Crippen molar-refractivity contribution in [1.82, 2.24) is 9.97 Å². The van der Waals surface area contributed by atoms with Crippen molar-refractivity contribution in [3.05, 3.63) is 23.8 Å². The average molecular weight is 348 g/mol. The molecule has 1 aromatic heterocycles. The summed E-state index contributed by atoms with van der Waals surface area (Å²) >= 11 is 0. The van der Waals surface area contributed by atoms with Gasteiger partial charge in [-0.25, -0.2) is 9.97 Å². The highest BCUT2D eigenvalue weighted by atomic mass is 19.1. The van der Waals surface area contributed by atoms with Gasteiger partial charge in [-0.2, -0.15) is 0 Å². The van der Waals surface area contributed by atoms with Gasteiger partial charge in [0.25, 0.3) is 0 Å². The van der Waals surface area contributed by atoms with Crippen LogP contribution in [0.5, 0.6) is 0 Å². The molecule has 25 heavy (non-hydrogen) atoms. The number of aldehydes is 1. The van der Waals surface area contributed by atoms with Crippen LogP contribution in [0, 0.1) is 11.8 Å². The molecule has 1 aliphatic rings. The zero-order valence-corrected chi connectivity index (χ0v) is 15.1. The number of aryl methyl sites for hydroxylation is 1. The minimum atomic E-state index is -0.341. The van der Waals surface area contributed by atoms with E-state index < -0.39 is 0 Å². The molecule has 0 N–H and O–H groups in total. The number of nitrogens with zero attached hydrogens (tertiary/aromatic N) is 2. The first-order chi connectivity index (χ1) is 12.2. The van der Waals surface area contributed by atoms with Gasteiger partial charge < -0.3 is 4.79 Å². The number of rotatable bonds is 10. The summed E-state index contributed by atoms with van der Waals surface area (Å²) in [5.74, 6) is 1.56.